The molecule has 4 aromatic rings. The Kier molecular flexibility index (Phi) is 8.52. The number of fused-ring (bicyclic) bond motifs is 1. The van der Waals surface area contributed by atoms with Gasteiger partial charge in [0.15, 0.2) is 0 Å². The number of rotatable bonds is 11. The van der Waals surface area contributed by atoms with Crippen molar-refractivity contribution in [3.63, 3.8) is 0 Å². The second-order valence-corrected chi connectivity index (χ2v) is 11.6. The Morgan fingerprint density at radius 2 is 1.51 bits per heavy atom. The lowest BCUT2D eigenvalue weighted by Crippen LogP contribution is -2.23. The molecular formula is C33H34N4O3S. The van der Waals surface area contributed by atoms with Crippen LogP contribution in [0.25, 0.3) is 11.3 Å². The van der Waals surface area contributed by atoms with Gasteiger partial charge in [-0.2, -0.15) is 0 Å². The van der Waals surface area contributed by atoms with Gasteiger partial charge in [0, 0.05) is 29.2 Å². The monoisotopic (exact) mass is 566 g/mol. The number of carbonyl (C=O) groups excluding carboxylic acids is 1. The highest BCUT2D eigenvalue weighted by Crippen LogP contribution is 2.39. The molecular weight excluding hydrogens is 532 g/mol. The molecule has 0 spiro atoms. The molecule has 4 aromatic carbocycles. The van der Waals surface area contributed by atoms with Crippen LogP contribution in [0.4, 0.5) is 17.1 Å². The van der Waals surface area contributed by atoms with E-state index in [1.165, 1.54) is 11.6 Å². The van der Waals surface area contributed by atoms with Crippen molar-refractivity contribution in [1.82, 2.24) is 4.90 Å². The summed E-state index contributed by atoms with van der Waals surface area (Å²) in [4.78, 5) is 15.8. The Balaban J connectivity index is 1.52. The molecule has 0 aliphatic carbocycles. The number of anilines is 3. The number of carbonyl (C=O) groups is 1. The minimum Gasteiger partial charge on any atom is -0.354 e. The summed E-state index contributed by atoms with van der Waals surface area (Å²) in [5, 5.41) is 6.37. The van der Waals surface area contributed by atoms with Gasteiger partial charge >= 0.3 is 0 Å². The second-order valence-electron chi connectivity index (χ2n) is 9.94. The molecule has 1 amide bonds. The fourth-order valence-corrected chi connectivity index (χ4v) is 6.01. The minimum atomic E-state index is -3.88. The average molecular weight is 567 g/mol. The van der Waals surface area contributed by atoms with E-state index in [1.807, 2.05) is 48.5 Å². The van der Waals surface area contributed by atoms with Crippen molar-refractivity contribution in [3.05, 3.63) is 120 Å². The molecule has 7 nitrogen and oxygen atoms in total. The smallest absolute Gasteiger partial charge is 0.261 e. The van der Waals surface area contributed by atoms with Crippen molar-refractivity contribution in [1.29, 1.82) is 0 Å². The molecule has 1 aliphatic heterocycles. The average Bonchev–Trinajstić information content (AvgIpc) is 3.32. The van der Waals surface area contributed by atoms with Crippen LogP contribution < -0.4 is 15.4 Å². The van der Waals surface area contributed by atoms with Gasteiger partial charge in [-0.3, -0.25) is 14.4 Å². The molecule has 0 radical (unpaired) electrons. The van der Waals surface area contributed by atoms with Crippen molar-refractivity contribution >= 4 is 44.3 Å². The van der Waals surface area contributed by atoms with E-state index >= 15 is 0 Å². The summed E-state index contributed by atoms with van der Waals surface area (Å²) in [5.74, 6) is -0.299. The highest BCUT2D eigenvalue weighted by Gasteiger charge is 2.30. The highest BCUT2D eigenvalue weighted by atomic mass is 32.2. The number of para-hydroxylation sites is 1. The molecule has 1 aliphatic rings. The van der Waals surface area contributed by atoms with E-state index in [2.05, 4.69) is 46.2 Å². The summed E-state index contributed by atoms with van der Waals surface area (Å²) in [7, 11) is -3.88. The van der Waals surface area contributed by atoms with Crippen LogP contribution >= 0.6 is 0 Å². The summed E-state index contributed by atoms with van der Waals surface area (Å²) in [6, 6.07) is 31.2. The predicted molar refractivity (Wildman–Crippen MR) is 167 cm³/mol. The normalized spacial score (nSPS) is 14.0. The SMILES string of the molecule is CCCN(CC)Cc1ccc(N/C(=C2\C(=O)Nc3ccc(S(=O)(=O)Nc4ccccc4)cc32)c2ccccc2)cc1. The lowest BCUT2D eigenvalue weighted by Gasteiger charge is -2.20. The van der Waals surface area contributed by atoms with Crippen LogP contribution in [-0.2, 0) is 21.4 Å². The minimum absolute atomic E-state index is 0.0680. The first-order chi connectivity index (χ1) is 19.9. The van der Waals surface area contributed by atoms with E-state index in [4.69, 9.17) is 0 Å². The lowest BCUT2D eigenvalue weighted by atomic mass is 10.00. The molecule has 0 atom stereocenters. The van der Waals surface area contributed by atoms with E-state index < -0.39 is 10.0 Å². The summed E-state index contributed by atoms with van der Waals surface area (Å²) in [6.07, 6.45) is 1.11. The summed E-state index contributed by atoms with van der Waals surface area (Å²) in [6.45, 7) is 7.27. The number of benzene rings is 4. The third-order valence-electron chi connectivity index (χ3n) is 7.00. The van der Waals surface area contributed by atoms with Gasteiger partial charge in [0.1, 0.15) is 0 Å². The number of sulfonamides is 1. The van der Waals surface area contributed by atoms with Crippen LogP contribution in [0.5, 0.6) is 0 Å². The van der Waals surface area contributed by atoms with Crippen LogP contribution in [0.2, 0.25) is 0 Å². The molecule has 5 rings (SSSR count). The Hall–Kier alpha value is -4.40. The van der Waals surface area contributed by atoms with Crippen molar-refractivity contribution in [2.45, 2.75) is 31.7 Å². The molecule has 0 bridgehead atoms. The van der Waals surface area contributed by atoms with Gasteiger partial charge in [0.05, 0.1) is 16.2 Å². The standard InChI is InChI=1S/C33H34N4O3S/c1-3-21-37(4-2)23-24-15-17-26(18-16-24)34-32(25-11-7-5-8-12-25)31-29-22-28(19-20-30(29)35-33(31)38)41(39,40)36-27-13-9-6-10-14-27/h5-20,22,34,36H,3-4,21,23H2,1-2H3,(H,35,38)/b32-31-. The topological polar surface area (TPSA) is 90.5 Å². The van der Waals surface area contributed by atoms with Crippen molar-refractivity contribution in [3.8, 4) is 0 Å². The fraction of sp³-hybridized carbons (Fsp3) is 0.182. The van der Waals surface area contributed by atoms with Gasteiger partial charge < -0.3 is 10.6 Å². The molecule has 210 valence electrons. The van der Waals surface area contributed by atoms with Gasteiger partial charge in [0.25, 0.3) is 15.9 Å². The van der Waals surface area contributed by atoms with Crippen molar-refractivity contribution < 1.29 is 13.2 Å². The zero-order chi connectivity index (χ0) is 28.8. The predicted octanol–water partition coefficient (Wildman–Crippen LogP) is 6.65. The van der Waals surface area contributed by atoms with E-state index in [-0.39, 0.29) is 10.8 Å². The Morgan fingerprint density at radius 3 is 2.17 bits per heavy atom. The van der Waals surface area contributed by atoms with Gasteiger partial charge in [-0.05, 0) is 73.1 Å². The molecule has 0 aromatic heterocycles. The second kappa shape index (κ2) is 12.4. The quantitative estimate of drug-likeness (QED) is 0.177. The van der Waals surface area contributed by atoms with E-state index in [0.717, 1.165) is 37.3 Å². The number of nitrogens with zero attached hydrogens (tertiary/aromatic N) is 1. The Morgan fingerprint density at radius 1 is 0.829 bits per heavy atom. The maximum Gasteiger partial charge on any atom is 0.261 e. The van der Waals surface area contributed by atoms with Gasteiger partial charge in [-0.15, -0.1) is 0 Å². The van der Waals surface area contributed by atoms with Gasteiger partial charge in [-0.25, -0.2) is 8.42 Å². The van der Waals surface area contributed by atoms with Crippen LogP contribution in [-0.4, -0.2) is 32.3 Å². The number of hydrogen-bond acceptors (Lipinski definition) is 5. The van der Waals surface area contributed by atoms with Crippen molar-refractivity contribution in [2.24, 2.45) is 0 Å². The van der Waals surface area contributed by atoms with Crippen LogP contribution in [0.15, 0.2) is 108 Å². The number of hydrogen-bond donors (Lipinski definition) is 3. The summed E-state index contributed by atoms with van der Waals surface area (Å²) < 4.78 is 29.1. The van der Waals surface area contributed by atoms with Crippen LogP contribution in [0, 0.1) is 0 Å². The first kappa shape index (κ1) is 28.1. The van der Waals surface area contributed by atoms with E-state index in [1.54, 1.807) is 36.4 Å². The summed E-state index contributed by atoms with van der Waals surface area (Å²) in [5.41, 5.74) is 5.37. The maximum absolute atomic E-state index is 13.4. The van der Waals surface area contributed by atoms with Crippen molar-refractivity contribution in [2.75, 3.05) is 28.4 Å². The molecule has 3 N–H and O–H groups in total. The van der Waals surface area contributed by atoms with E-state index in [9.17, 15) is 13.2 Å². The third-order valence-corrected chi connectivity index (χ3v) is 8.38. The number of amides is 1. The molecule has 8 heteroatoms. The zero-order valence-corrected chi connectivity index (χ0v) is 24.0. The highest BCUT2D eigenvalue weighted by molar-refractivity contribution is 7.92. The van der Waals surface area contributed by atoms with Crippen LogP contribution in [0.3, 0.4) is 0 Å². The molecule has 0 saturated heterocycles. The van der Waals surface area contributed by atoms with Crippen LogP contribution in [0.1, 0.15) is 37.0 Å². The third kappa shape index (κ3) is 6.51. The molecule has 0 unspecified atom stereocenters. The molecule has 0 fully saturated rings. The Labute approximate surface area is 242 Å². The largest absolute Gasteiger partial charge is 0.354 e. The first-order valence-electron chi connectivity index (χ1n) is 13.8. The maximum atomic E-state index is 13.4. The fourth-order valence-electron chi connectivity index (χ4n) is 4.93. The van der Waals surface area contributed by atoms with Gasteiger partial charge in [-0.1, -0.05) is 74.5 Å². The lowest BCUT2D eigenvalue weighted by molar-refractivity contribution is -0.110. The Bertz CT molecular complexity index is 1650. The van der Waals surface area contributed by atoms with Gasteiger partial charge in [0.2, 0.25) is 0 Å². The summed E-state index contributed by atoms with van der Waals surface area (Å²) >= 11 is 0. The first-order valence-corrected chi connectivity index (χ1v) is 15.3. The number of nitrogens with one attached hydrogen (secondary N) is 3. The molecule has 41 heavy (non-hydrogen) atoms. The van der Waals surface area contributed by atoms with E-state index in [0.29, 0.717) is 28.2 Å². The molecule has 1 heterocycles. The zero-order valence-electron chi connectivity index (χ0n) is 23.2. The molecule has 0 saturated carbocycles.